The molecule has 0 saturated heterocycles. The summed E-state index contributed by atoms with van der Waals surface area (Å²) in [6.07, 6.45) is 0. The normalized spacial score (nSPS) is 11.4. The fourth-order valence-corrected chi connectivity index (χ4v) is 1.28. The summed E-state index contributed by atoms with van der Waals surface area (Å²) in [4.78, 5) is 0. The van der Waals surface area contributed by atoms with Crippen molar-refractivity contribution in [2.24, 2.45) is 0 Å². The van der Waals surface area contributed by atoms with Gasteiger partial charge in [-0.15, -0.1) is 0 Å². The van der Waals surface area contributed by atoms with E-state index in [-0.39, 0.29) is 0 Å². The summed E-state index contributed by atoms with van der Waals surface area (Å²) in [6.45, 7) is 4.14. The van der Waals surface area contributed by atoms with Gasteiger partial charge in [0.2, 0.25) is 0 Å². The molecule has 1 aromatic rings. The lowest BCUT2D eigenvalue weighted by Gasteiger charge is -2.10. The number of ether oxygens (including phenoxy) is 1. The van der Waals surface area contributed by atoms with E-state index < -0.39 is 7.12 Å². The Kier molecular flexibility index (Phi) is 4.86. The van der Waals surface area contributed by atoms with Gasteiger partial charge in [0, 0.05) is 5.54 Å². The Balaban J connectivity index is 2.75. The lowest BCUT2D eigenvalue weighted by Crippen LogP contribution is -2.29. The zero-order chi connectivity index (χ0) is 12.1. The first-order valence-electron chi connectivity index (χ1n) is 4.90. The third-order valence-corrected chi connectivity index (χ3v) is 2.51. The van der Waals surface area contributed by atoms with Crippen molar-refractivity contribution < 1.29 is 14.8 Å². The minimum atomic E-state index is -1.45. The quantitative estimate of drug-likeness (QED) is 0.778. The van der Waals surface area contributed by atoms with Crippen LogP contribution in [0.25, 0.3) is 0 Å². The summed E-state index contributed by atoms with van der Waals surface area (Å²) in [5.74, 6) is 0.710. The molecule has 0 aliphatic rings. The average molecular weight is 240 g/mol. The van der Waals surface area contributed by atoms with E-state index in [2.05, 4.69) is 0 Å². The van der Waals surface area contributed by atoms with Gasteiger partial charge in [0.05, 0.1) is 0 Å². The molecule has 0 spiro atoms. The van der Waals surface area contributed by atoms with Crippen LogP contribution >= 0.6 is 11.6 Å². The van der Waals surface area contributed by atoms with Crippen molar-refractivity contribution in [3.63, 3.8) is 0 Å². The SMILES string of the molecule is C/C(=C/Cl)COc1ccc(B(O)O)cc1C. The number of aryl methyl sites for hydroxylation is 1. The van der Waals surface area contributed by atoms with Gasteiger partial charge >= 0.3 is 7.12 Å². The van der Waals surface area contributed by atoms with E-state index in [1.807, 2.05) is 13.8 Å². The standard InChI is InChI=1S/C11H14BClO3/c1-8(6-13)7-16-11-4-3-10(12(14)15)5-9(11)2/h3-6,14-15H,7H2,1-2H3/b8-6-. The third kappa shape index (κ3) is 3.56. The number of rotatable bonds is 4. The van der Waals surface area contributed by atoms with Gasteiger partial charge in [0.25, 0.3) is 0 Å². The third-order valence-electron chi connectivity index (χ3n) is 2.14. The molecule has 0 aliphatic heterocycles. The molecule has 2 N–H and O–H groups in total. The van der Waals surface area contributed by atoms with Gasteiger partial charge in [-0.3, -0.25) is 0 Å². The van der Waals surface area contributed by atoms with Gasteiger partial charge in [-0.2, -0.15) is 0 Å². The molecule has 0 amide bonds. The smallest absolute Gasteiger partial charge is 0.488 e. The van der Waals surface area contributed by atoms with E-state index in [0.29, 0.717) is 17.8 Å². The Morgan fingerprint density at radius 2 is 2.19 bits per heavy atom. The Bertz CT molecular complexity index is 391. The zero-order valence-corrected chi connectivity index (χ0v) is 10.0. The molecule has 86 valence electrons. The zero-order valence-electron chi connectivity index (χ0n) is 9.27. The minimum Gasteiger partial charge on any atom is -0.489 e. The van der Waals surface area contributed by atoms with Crippen LogP contribution < -0.4 is 10.2 Å². The van der Waals surface area contributed by atoms with Gasteiger partial charge < -0.3 is 14.8 Å². The van der Waals surface area contributed by atoms with Gasteiger partial charge in [-0.1, -0.05) is 23.7 Å². The molecular formula is C11H14BClO3. The molecule has 3 nitrogen and oxygen atoms in total. The Morgan fingerprint density at radius 1 is 1.50 bits per heavy atom. The first-order chi connectivity index (χ1) is 7.54. The van der Waals surface area contributed by atoms with Crippen LogP contribution in [0.1, 0.15) is 12.5 Å². The largest absolute Gasteiger partial charge is 0.489 e. The molecule has 1 rings (SSSR count). The number of hydrogen-bond donors (Lipinski definition) is 2. The molecule has 0 aliphatic carbocycles. The van der Waals surface area contributed by atoms with Gasteiger partial charge in [-0.25, -0.2) is 0 Å². The molecule has 0 heterocycles. The van der Waals surface area contributed by atoms with Crippen molar-refractivity contribution >= 4 is 24.2 Å². The molecule has 0 atom stereocenters. The first-order valence-corrected chi connectivity index (χ1v) is 5.33. The van der Waals surface area contributed by atoms with Crippen molar-refractivity contribution in [1.29, 1.82) is 0 Å². The average Bonchev–Trinajstić information content (AvgIpc) is 2.26. The topological polar surface area (TPSA) is 49.7 Å². The van der Waals surface area contributed by atoms with E-state index in [4.69, 9.17) is 26.4 Å². The highest BCUT2D eigenvalue weighted by atomic mass is 35.5. The van der Waals surface area contributed by atoms with Crippen LogP contribution in [0.3, 0.4) is 0 Å². The van der Waals surface area contributed by atoms with Gasteiger partial charge in [0.1, 0.15) is 12.4 Å². The van der Waals surface area contributed by atoms with E-state index in [0.717, 1.165) is 11.1 Å². The van der Waals surface area contributed by atoms with Gasteiger partial charge in [-0.05, 0) is 36.5 Å². The summed E-state index contributed by atoms with van der Waals surface area (Å²) in [7, 11) is -1.45. The molecule has 0 fully saturated rings. The summed E-state index contributed by atoms with van der Waals surface area (Å²) >= 11 is 5.52. The predicted octanol–water partition coefficient (Wildman–Crippen LogP) is 1.20. The monoisotopic (exact) mass is 240 g/mol. The van der Waals surface area contributed by atoms with Crippen molar-refractivity contribution in [1.82, 2.24) is 0 Å². The molecule has 0 radical (unpaired) electrons. The highest BCUT2D eigenvalue weighted by Crippen LogP contribution is 2.16. The maximum Gasteiger partial charge on any atom is 0.488 e. The molecule has 0 unspecified atom stereocenters. The van der Waals surface area contributed by atoms with Crippen LogP contribution in [-0.4, -0.2) is 23.8 Å². The maximum absolute atomic E-state index is 8.98. The molecule has 16 heavy (non-hydrogen) atoms. The summed E-state index contributed by atoms with van der Waals surface area (Å²) < 4.78 is 5.51. The summed E-state index contributed by atoms with van der Waals surface area (Å²) in [5.41, 5.74) is 3.70. The number of hydrogen-bond acceptors (Lipinski definition) is 3. The lowest BCUT2D eigenvalue weighted by molar-refractivity contribution is 0.350. The van der Waals surface area contributed by atoms with Crippen LogP contribution in [0.15, 0.2) is 29.3 Å². The van der Waals surface area contributed by atoms with Crippen molar-refractivity contribution in [2.75, 3.05) is 6.61 Å². The highest BCUT2D eigenvalue weighted by molar-refractivity contribution is 6.58. The second-order valence-electron chi connectivity index (χ2n) is 3.64. The first kappa shape index (κ1) is 13.1. The van der Waals surface area contributed by atoms with Crippen LogP contribution in [0.5, 0.6) is 5.75 Å². The van der Waals surface area contributed by atoms with Crippen LogP contribution in [0.2, 0.25) is 0 Å². The highest BCUT2D eigenvalue weighted by Gasteiger charge is 2.12. The molecule has 1 aromatic carbocycles. The molecule has 0 saturated carbocycles. The van der Waals surface area contributed by atoms with E-state index in [9.17, 15) is 0 Å². The molecule has 0 aromatic heterocycles. The lowest BCUT2D eigenvalue weighted by atomic mass is 9.79. The van der Waals surface area contributed by atoms with Crippen molar-refractivity contribution in [2.45, 2.75) is 13.8 Å². The van der Waals surface area contributed by atoms with Crippen LogP contribution in [-0.2, 0) is 0 Å². The van der Waals surface area contributed by atoms with Crippen LogP contribution in [0, 0.1) is 6.92 Å². The molecule has 0 bridgehead atoms. The minimum absolute atomic E-state index is 0.422. The fraction of sp³-hybridized carbons (Fsp3) is 0.273. The molecular weight excluding hydrogens is 226 g/mol. The van der Waals surface area contributed by atoms with Crippen molar-refractivity contribution in [3.8, 4) is 5.75 Å². The van der Waals surface area contributed by atoms with Crippen molar-refractivity contribution in [3.05, 3.63) is 34.9 Å². The summed E-state index contributed by atoms with van der Waals surface area (Å²) in [6, 6.07) is 5.01. The Labute approximate surface area is 100 Å². The fourth-order valence-electron chi connectivity index (χ4n) is 1.22. The van der Waals surface area contributed by atoms with Crippen LogP contribution in [0.4, 0.5) is 0 Å². The van der Waals surface area contributed by atoms with E-state index in [1.165, 1.54) is 5.54 Å². The number of halogens is 1. The Hall–Kier alpha value is -0.965. The molecule has 5 heteroatoms. The maximum atomic E-state index is 8.98. The second kappa shape index (κ2) is 5.94. The Morgan fingerprint density at radius 3 is 2.69 bits per heavy atom. The number of benzene rings is 1. The van der Waals surface area contributed by atoms with E-state index in [1.54, 1.807) is 18.2 Å². The summed E-state index contributed by atoms with van der Waals surface area (Å²) in [5, 5.41) is 18.0. The second-order valence-corrected chi connectivity index (χ2v) is 3.86. The van der Waals surface area contributed by atoms with Gasteiger partial charge in [0.15, 0.2) is 0 Å². The predicted molar refractivity (Wildman–Crippen MR) is 66.1 cm³/mol. The van der Waals surface area contributed by atoms with E-state index >= 15 is 0 Å².